The van der Waals surface area contributed by atoms with Crippen LogP contribution in [0, 0.1) is 11.3 Å². The van der Waals surface area contributed by atoms with Crippen LogP contribution in [0.5, 0.6) is 0 Å². The average Bonchev–Trinajstić information content (AvgIpc) is 2.98. The normalized spacial score (nSPS) is 18.1. The van der Waals surface area contributed by atoms with Gasteiger partial charge in [0.2, 0.25) is 0 Å². The molecule has 0 aromatic carbocycles. The highest BCUT2D eigenvalue weighted by Gasteiger charge is 2.35. The molecule has 18 heavy (non-hydrogen) atoms. The minimum atomic E-state index is 0.343. The van der Waals surface area contributed by atoms with Crippen LogP contribution in [-0.4, -0.2) is 31.1 Å². The SMILES string of the molecule is CN(C)C1(CNCc2cc(C#N)cs2)CCCC1. The number of nitrogens with one attached hydrogen (secondary N) is 1. The molecule has 1 saturated carbocycles. The number of nitriles is 1. The van der Waals surface area contributed by atoms with Crippen LogP contribution in [0.1, 0.15) is 36.1 Å². The second-order valence-corrected chi connectivity index (χ2v) is 6.34. The van der Waals surface area contributed by atoms with Gasteiger partial charge in [-0.3, -0.25) is 0 Å². The van der Waals surface area contributed by atoms with Gasteiger partial charge in [-0.1, -0.05) is 12.8 Å². The lowest BCUT2D eigenvalue weighted by Gasteiger charge is -2.36. The lowest BCUT2D eigenvalue weighted by molar-refractivity contribution is 0.154. The average molecular weight is 263 g/mol. The Balaban J connectivity index is 1.85. The van der Waals surface area contributed by atoms with E-state index in [-0.39, 0.29) is 0 Å². The van der Waals surface area contributed by atoms with Gasteiger partial charge in [-0.05, 0) is 33.0 Å². The summed E-state index contributed by atoms with van der Waals surface area (Å²) in [5.41, 5.74) is 1.12. The molecule has 1 aliphatic carbocycles. The largest absolute Gasteiger partial charge is 0.310 e. The fourth-order valence-corrected chi connectivity index (χ4v) is 3.55. The maximum absolute atomic E-state index is 8.79. The topological polar surface area (TPSA) is 39.1 Å². The molecular formula is C14H21N3S. The van der Waals surface area contributed by atoms with E-state index in [4.69, 9.17) is 5.26 Å². The third kappa shape index (κ3) is 2.92. The minimum Gasteiger partial charge on any atom is -0.310 e. The van der Waals surface area contributed by atoms with Crippen LogP contribution in [-0.2, 0) is 6.54 Å². The molecule has 1 fully saturated rings. The summed E-state index contributed by atoms with van der Waals surface area (Å²) >= 11 is 1.67. The van der Waals surface area contributed by atoms with Gasteiger partial charge < -0.3 is 10.2 Å². The molecule has 1 heterocycles. The standard InChI is InChI=1S/C14H21N3S/c1-17(2)14(5-3-4-6-14)11-16-9-13-7-12(8-15)10-18-13/h7,10,16H,3-6,9,11H2,1-2H3. The summed E-state index contributed by atoms with van der Waals surface area (Å²) in [7, 11) is 4.37. The van der Waals surface area contributed by atoms with E-state index in [1.807, 2.05) is 11.4 Å². The molecule has 0 atom stereocenters. The lowest BCUT2D eigenvalue weighted by atomic mass is 9.96. The van der Waals surface area contributed by atoms with Crippen molar-refractivity contribution in [2.75, 3.05) is 20.6 Å². The molecule has 98 valence electrons. The molecule has 1 aromatic rings. The van der Waals surface area contributed by atoms with E-state index in [1.54, 1.807) is 11.3 Å². The van der Waals surface area contributed by atoms with E-state index in [0.717, 1.165) is 18.7 Å². The molecule has 1 aliphatic rings. The summed E-state index contributed by atoms with van der Waals surface area (Å²) in [6.45, 7) is 1.92. The predicted molar refractivity (Wildman–Crippen MR) is 75.6 cm³/mol. The molecule has 4 heteroatoms. The second-order valence-electron chi connectivity index (χ2n) is 5.34. The van der Waals surface area contributed by atoms with E-state index in [1.165, 1.54) is 30.6 Å². The van der Waals surface area contributed by atoms with Crippen LogP contribution in [0.15, 0.2) is 11.4 Å². The van der Waals surface area contributed by atoms with E-state index >= 15 is 0 Å². The summed E-state index contributed by atoms with van der Waals surface area (Å²) in [5.74, 6) is 0. The molecule has 0 radical (unpaired) electrons. The van der Waals surface area contributed by atoms with Crippen LogP contribution in [0.2, 0.25) is 0 Å². The summed E-state index contributed by atoms with van der Waals surface area (Å²) in [4.78, 5) is 3.63. The molecule has 3 nitrogen and oxygen atoms in total. The summed E-state index contributed by atoms with van der Waals surface area (Å²) in [6.07, 6.45) is 5.27. The first kappa shape index (κ1) is 13.5. The number of nitrogens with zero attached hydrogens (tertiary/aromatic N) is 2. The Labute approximate surface area is 113 Å². The van der Waals surface area contributed by atoms with Crippen LogP contribution < -0.4 is 5.32 Å². The van der Waals surface area contributed by atoms with Crippen molar-refractivity contribution >= 4 is 11.3 Å². The quantitative estimate of drug-likeness (QED) is 0.887. The third-order valence-corrected chi connectivity index (χ3v) is 4.96. The molecule has 1 N–H and O–H groups in total. The van der Waals surface area contributed by atoms with Gasteiger partial charge in [0.1, 0.15) is 6.07 Å². The number of rotatable bonds is 5. The zero-order valence-electron chi connectivity index (χ0n) is 11.2. The Morgan fingerprint density at radius 2 is 2.17 bits per heavy atom. The van der Waals surface area contributed by atoms with Crippen LogP contribution in [0.4, 0.5) is 0 Å². The smallest absolute Gasteiger partial charge is 0.100 e. The number of likely N-dealkylation sites (N-methyl/N-ethyl adjacent to an activating group) is 1. The van der Waals surface area contributed by atoms with Crippen molar-refractivity contribution < 1.29 is 0 Å². The van der Waals surface area contributed by atoms with Gasteiger partial charge in [0.25, 0.3) is 0 Å². The van der Waals surface area contributed by atoms with E-state index in [0.29, 0.717) is 5.54 Å². The Morgan fingerprint density at radius 1 is 1.44 bits per heavy atom. The number of hydrogen-bond acceptors (Lipinski definition) is 4. The van der Waals surface area contributed by atoms with Crippen LogP contribution in [0.3, 0.4) is 0 Å². The number of hydrogen-bond donors (Lipinski definition) is 1. The molecule has 0 bridgehead atoms. The fraction of sp³-hybridized carbons (Fsp3) is 0.643. The molecule has 0 aliphatic heterocycles. The summed E-state index contributed by atoms with van der Waals surface area (Å²) in [5, 5.41) is 14.3. The first-order valence-corrected chi connectivity index (χ1v) is 7.40. The van der Waals surface area contributed by atoms with Crippen molar-refractivity contribution in [3.8, 4) is 6.07 Å². The van der Waals surface area contributed by atoms with Gasteiger partial charge in [-0.25, -0.2) is 0 Å². The maximum Gasteiger partial charge on any atom is 0.100 e. The van der Waals surface area contributed by atoms with Gasteiger partial charge >= 0.3 is 0 Å². The molecule has 0 amide bonds. The summed E-state index contributed by atoms with van der Waals surface area (Å²) < 4.78 is 0. The van der Waals surface area contributed by atoms with Gasteiger partial charge in [-0.15, -0.1) is 11.3 Å². The molecule has 0 spiro atoms. The van der Waals surface area contributed by atoms with Crippen LogP contribution in [0.25, 0.3) is 0 Å². The minimum absolute atomic E-state index is 0.343. The van der Waals surface area contributed by atoms with Crippen molar-refractivity contribution in [1.82, 2.24) is 10.2 Å². The molecule has 0 saturated heterocycles. The monoisotopic (exact) mass is 263 g/mol. The van der Waals surface area contributed by atoms with E-state index in [9.17, 15) is 0 Å². The predicted octanol–water partition coefficient (Wildman–Crippen LogP) is 2.58. The molecule has 2 rings (SSSR count). The van der Waals surface area contributed by atoms with Gasteiger partial charge in [0.15, 0.2) is 0 Å². The Morgan fingerprint density at radius 3 is 2.72 bits per heavy atom. The Hall–Kier alpha value is -0.890. The van der Waals surface area contributed by atoms with Crippen LogP contribution >= 0.6 is 11.3 Å². The van der Waals surface area contributed by atoms with Gasteiger partial charge in [0.05, 0.1) is 5.56 Å². The van der Waals surface area contributed by atoms with Gasteiger partial charge in [-0.2, -0.15) is 5.26 Å². The molecule has 1 aromatic heterocycles. The van der Waals surface area contributed by atoms with Crippen molar-refractivity contribution in [1.29, 1.82) is 5.26 Å². The summed E-state index contributed by atoms with van der Waals surface area (Å²) in [6, 6.07) is 4.16. The van der Waals surface area contributed by atoms with E-state index in [2.05, 4.69) is 30.4 Å². The van der Waals surface area contributed by atoms with Crippen molar-refractivity contribution in [2.24, 2.45) is 0 Å². The molecular weight excluding hydrogens is 242 g/mol. The molecule has 0 unspecified atom stereocenters. The van der Waals surface area contributed by atoms with Crippen molar-refractivity contribution in [3.05, 3.63) is 21.9 Å². The first-order chi connectivity index (χ1) is 8.66. The van der Waals surface area contributed by atoms with Gasteiger partial charge in [0, 0.05) is 28.9 Å². The third-order valence-electron chi connectivity index (χ3n) is 4.02. The van der Waals surface area contributed by atoms with Crippen molar-refractivity contribution in [3.63, 3.8) is 0 Å². The highest BCUT2D eigenvalue weighted by molar-refractivity contribution is 7.10. The zero-order chi connectivity index (χ0) is 13.0. The lowest BCUT2D eigenvalue weighted by Crippen LogP contribution is -2.49. The Kier molecular flexibility index (Phi) is 4.39. The zero-order valence-corrected chi connectivity index (χ0v) is 12.0. The highest BCUT2D eigenvalue weighted by Crippen LogP contribution is 2.33. The van der Waals surface area contributed by atoms with Crippen molar-refractivity contribution in [2.45, 2.75) is 37.8 Å². The highest BCUT2D eigenvalue weighted by atomic mass is 32.1. The van der Waals surface area contributed by atoms with E-state index < -0.39 is 0 Å². The number of thiophene rings is 1. The first-order valence-electron chi connectivity index (χ1n) is 6.52. The Bertz CT molecular complexity index is 424. The fourth-order valence-electron chi connectivity index (χ4n) is 2.77. The second kappa shape index (κ2) is 5.83. The maximum atomic E-state index is 8.79.